The van der Waals surface area contributed by atoms with Crippen LogP contribution in [0.3, 0.4) is 0 Å². The molecule has 0 aliphatic carbocycles. The van der Waals surface area contributed by atoms with Gasteiger partial charge in [-0.3, -0.25) is 14.2 Å². The van der Waals surface area contributed by atoms with Crippen molar-refractivity contribution in [1.29, 1.82) is 0 Å². The average Bonchev–Trinajstić information content (AvgIpc) is 2.66. The van der Waals surface area contributed by atoms with Crippen molar-refractivity contribution in [3.8, 4) is 0 Å². The van der Waals surface area contributed by atoms with Crippen molar-refractivity contribution in [1.82, 2.24) is 14.9 Å². The van der Waals surface area contributed by atoms with Crippen LogP contribution in [0.5, 0.6) is 0 Å². The molecule has 0 spiro atoms. The van der Waals surface area contributed by atoms with E-state index in [1.807, 2.05) is 12.1 Å². The van der Waals surface area contributed by atoms with Crippen LogP contribution in [0.1, 0.15) is 15.9 Å². The molecule has 138 valence electrons. The van der Waals surface area contributed by atoms with Gasteiger partial charge in [-0.2, -0.15) is 0 Å². The van der Waals surface area contributed by atoms with Crippen LogP contribution >= 0.6 is 11.6 Å². The lowest BCUT2D eigenvalue weighted by Crippen LogP contribution is -2.34. The monoisotopic (exact) mass is 383 g/mol. The summed E-state index contributed by atoms with van der Waals surface area (Å²) in [5.74, 6) is -0.276. The Hall–Kier alpha value is -3.12. The molecule has 6 nitrogen and oxygen atoms in total. The molecule has 0 unspecified atom stereocenters. The maximum absolute atomic E-state index is 12.4. The van der Waals surface area contributed by atoms with Crippen molar-refractivity contribution in [3.63, 3.8) is 0 Å². The number of carbonyl (C=O) groups excluding carboxylic acids is 1. The Labute approximate surface area is 160 Å². The van der Waals surface area contributed by atoms with E-state index in [4.69, 9.17) is 11.6 Å². The maximum Gasteiger partial charge on any atom is 0.329 e. The van der Waals surface area contributed by atoms with E-state index < -0.39 is 11.2 Å². The van der Waals surface area contributed by atoms with Crippen LogP contribution in [0, 0.1) is 0 Å². The summed E-state index contributed by atoms with van der Waals surface area (Å²) < 4.78 is 1.06. The van der Waals surface area contributed by atoms with Crippen LogP contribution in [-0.2, 0) is 13.0 Å². The maximum atomic E-state index is 12.4. The number of benzene rings is 2. The number of fused-ring (bicyclic) bond motifs is 1. The van der Waals surface area contributed by atoms with Gasteiger partial charge in [0.05, 0.1) is 10.9 Å². The van der Waals surface area contributed by atoms with E-state index >= 15 is 0 Å². The van der Waals surface area contributed by atoms with Gasteiger partial charge >= 0.3 is 5.69 Å². The van der Waals surface area contributed by atoms with Gasteiger partial charge in [0, 0.05) is 23.7 Å². The molecule has 27 heavy (non-hydrogen) atoms. The number of amides is 1. The predicted octanol–water partition coefficient (Wildman–Crippen LogP) is 2.50. The highest BCUT2D eigenvalue weighted by Crippen LogP contribution is 2.11. The Morgan fingerprint density at radius 3 is 2.63 bits per heavy atom. The predicted molar refractivity (Wildman–Crippen MR) is 107 cm³/mol. The first-order valence-corrected chi connectivity index (χ1v) is 8.78. The molecule has 0 aliphatic rings. The van der Waals surface area contributed by atoms with E-state index in [-0.39, 0.29) is 12.5 Å². The minimum Gasteiger partial charge on any atom is -0.352 e. The van der Waals surface area contributed by atoms with Gasteiger partial charge in [0.25, 0.3) is 11.5 Å². The number of hydrogen-bond donors (Lipinski definition) is 2. The number of nitrogens with one attached hydrogen (secondary N) is 2. The molecular weight excluding hydrogens is 366 g/mol. The van der Waals surface area contributed by atoms with Gasteiger partial charge in [-0.05, 0) is 42.3 Å². The zero-order chi connectivity index (χ0) is 19.4. The summed E-state index contributed by atoms with van der Waals surface area (Å²) in [6, 6.07) is 12.0. The highest BCUT2D eigenvalue weighted by atomic mass is 35.5. The molecule has 1 amide bonds. The summed E-state index contributed by atoms with van der Waals surface area (Å²) in [6.45, 7) is 4.11. The molecular formula is C20H18ClN3O3. The van der Waals surface area contributed by atoms with Crippen LogP contribution in [0.4, 0.5) is 0 Å². The van der Waals surface area contributed by atoms with Gasteiger partial charge in [0.2, 0.25) is 0 Å². The van der Waals surface area contributed by atoms with E-state index in [0.29, 0.717) is 34.5 Å². The van der Waals surface area contributed by atoms with Crippen molar-refractivity contribution in [2.45, 2.75) is 13.0 Å². The molecule has 0 saturated carbocycles. The number of carbonyl (C=O) groups is 1. The van der Waals surface area contributed by atoms with E-state index in [1.165, 1.54) is 12.1 Å². The van der Waals surface area contributed by atoms with E-state index in [1.54, 1.807) is 24.3 Å². The third kappa shape index (κ3) is 4.17. The summed E-state index contributed by atoms with van der Waals surface area (Å²) in [6.07, 6.45) is 2.14. The molecule has 1 heterocycles. The standard InChI is InChI=1S/C20H18ClN3O3/c1-2-11-24-19(26)16-8-5-14(12-17(16)23-20(24)27)18(25)22-10-9-13-3-6-15(21)7-4-13/h2-8,12H,1,9-11H2,(H,22,25)(H,23,27). The fourth-order valence-electron chi connectivity index (χ4n) is 2.76. The van der Waals surface area contributed by atoms with Crippen molar-refractivity contribution in [2.24, 2.45) is 0 Å². The van der Waals surface area contributed by atoms with Crippen LogP contribution in [0.2, 0.25) is 5.02 Å². The second-order valence-electron chi connectivity index (χ2n) is 6.03. The van der Waals surface area contributed by atoms with Crippen molar-refractivity contribution in [2.75, 3.05) is 6.54 Å². The first-order chi connectivity index (χ1) is 13.0. The van der Waals surface area contributed by atoms with Crippen LogP contribution < -0.4 is 16.6 Å². The number of hydrogen-bond acceptors (Lipinski definition) is 3. The number of halogens is 1. The summed E-state index contributed by atoms with van der Waals surface area (Å²) in [5.41, 5.74) is 0.812. The molecule has 3 rings (SSSR count). The molecule has 2 N–H and O–H groups in total. The van der Waals surface area contributed by atoms with Gasteiger partial charge in [0.15, 0.2) is 0 Å². The van der Waals surface area contributed by atoms with Crippen LogP contribution in [0.25, 0.3) is 10.9 Å². The quantitative estimate of drug-likeness (QED) is 0.641. The average molecular weight is 384 g/mol. The summed E-state index contributed by atoms with van der Waals surface area (Å²) in [4.78, 5) is 39.4. The summed E-state index contributed by atoms with van der Waals surface area (Å²) >= 11 is 5.85. The minimum atomic E-state index is -0.535. The van der Waals surface area contributed by atoms with Crippen LogP contribution in [-0.4, -0.2) is 22.0 Å². The lowest BCUT2D eigenvalue weighted by Gasteiger charge is -2.08. The first kappa shape index (κ1) is 18.7. The lowest BCUT2D eigenvalue weighted by molar-refractivity contribution is 0.0954. The summed E-state index contributed by atoms with van der Waals surface area (Å²) in [5, 5.41) is 3.84. The molecule has 0 atom stereocenters. The Bertz CT molecular complexity index is 1110. The van der Waals surface area contributed by atoms with E-state index in [9.17, 15) is 14.4 Å². The first-order valence-electron chi connectivity index (χ1n) is 8.40. The molecule has 1 aromatic heterocycles. The van der Waals surface area contributed by atoms with Gasteiger partial charge in [0.1, 0.15) is 0 Å². The Balaban J connectivity index is 1.76. The van der Waals surface area contributed by atoms with Gasteiger partial charge < -0.3 is 10.3 Å². The van der Waals surface area contributed by atoms with E-state index in [0.717, 1.165) is 10.1 Å². The smallest absolute Gasteiger partial charge is 0.329 e. The molecule has 2 aromatic carbocycles. The topological polar surface area (TPSA) is 84.0 Å². The molecule has 0 radical (unpaired) electrons. The second-order valence-corrected chi connectivity index (χ2v) is 6.46. The van der Waals surface area contributed by atoms with Crippen molar-refractivity contribution >= 4 is 28.4 Å². The Morgan fingerprint density at radius 2 is 1.93 bits per heavy atom. The van der Waals surface area contributed by atoms with Crippen molar-refractivity contribution < 1.29 is 4.79 Å². The molecule has 0 aliphatic heterocycles. The lowest BCUT2D eigenvalue weighted by atomic mass is 10.1. The molecule has 3 aromatic rings. The number of nitrogens with zero attached hydrogens (tertiary/aromatic N) is 1. The number of aromatic nitrogens is 2. The minimum absolute atomic E-state index is 0.122. The Morgan fingerprint density at radius 1 is 1.19 bits per heavy atom. The van der Waals surface area contributed by atoms with Gasteiger partial charge in [-0.15, -0.1) is 6.58 Å². The fraction of sp³-hybridized carbons (Fsp3) is 0.150. The Kier molecular flexibility index (Phi) is 5.57. The number of H-pyrrole nitrogens is 1. The largest absolute Gasteiger partial charge is 0.352 e. The highest BCUT2D eigenvalue weighted by Gasteiger charge is 2.10. The van der Waals surface area contributed by atoms with E-state index in [2.05, 4.69) is 16.9 Å². The van der Waals surface area contributed by atoms with Gasteiger partial charge in [-0.25, -0.2) is 4.79 Å². The molecule has 0 fully saturated rings. The second kappa shape index (κ2) is 8.05. The number of aromatic amines is 1. The zero-order valence-corrected chi connectivity index (χ0v) is 15.3. The van der Waals surface area contributed by atoms with Crippen molar-refractivity contribution in [3.05, 3.63) is 92.1 Å². The SMILES string of the molecule is C=CCn1c(=O)[nH]c2cc(C(=O)NCCc3ccc(Cl)cc3)ccc2c1=O. The summed E-state index contributed by atoms with van der Waals surface area (Å²) in [7, 11) is 0. The third-order valence-corrected chi connectivity index (χ3v) is 4.42. The molecule has 7 heteroatoms. The third-order valence-electron chi connectivity index (χ3n) is 4.17. The number of rotatable bonds is 6. The molecule has 0 saturated heterocycles. The van der Waals surface area contributed by atoms with Gasteiger partial charge in [-0.1, -0.05) is 29.8 Å². The fourth-order valence-corrected chi connectivity index (χ4v) is 2.89. The highest BCUT2D eigenvalue weighted by molar-refractivity contribution is 6.30. The molecule has 0 bridgehead atoms. The zero-order valence-electron chi connectivity index (χ0n) is 14.5. The normalized spacial score (nSPS) is 10.7. The number of allylic oxidation sites excluding steroid dienone is 1. The van der Waals surface area contributed by atoms with Crippen LogP contribution in [0.15, 0.2) is 64.7 Å².